The van der Waals surface area contributed by atoms with Crippen molar-refractivity contribution in [3.05, 3.63) is 56.2 Å². The predicted octanol–water partition coefficient (Wildman–Crippen LogP) is 4.62. The number of nitrogens with zero attached hydrogens (tertiary/aromatic N) is 1. The van der Waals surface area contributed by atoms with Crippen LogP contribution in [0.1, 0.15) is 41.5 Å². The molecule has 2 amide bonds. The summed E-state index contributed by atoms with van der Waals surface area (Å²) in [4.78, 5) is 28.8. The van der Waals surface area contributed by atoms with E-state index in [1.54, 1.807) is 23.5 Å². The Hall–Kier alpha value is -1.60. The molecule has 1 aromatic carbocycles. The van der Waals surface area contributed by atoms with Crippen LogP contribution in [0, 0.1) is 5.92 Å². The maximum absolute atomic E-state index is 12.9. The summed E-state index contributed by atoms with van der Waals surface area (Å²) in [6.45, 7) is 4.48. The van der Waals surface area contributed by atoms with Gasteiger partial charge in [-0.2, -0.15) is 0 Å². The summed E-state index contributed by atoms with van der Waals surface area (Å²) in [6.07, 6.45) is 0.522. The molecule has 0 aliphatic rings. The van der Waals surface area contributed by atoms with Crippen LogP contribution in [0.4, 0.5) is 0 Å². The molecule has 0 bridgehead atoms. The van der Waals surface area contributed by atoms with Crippen molar-refractivity contribution < 1.29 is 9.59 Å². The van der Waals surface area contributed by atoms with Gasteiger partial charge in [-0.1, -0.05) is 43.1 Å². The van der Waals surface area contributed by atoms with Crippen LogP contribution >= 0.6 is 34.5 Å². The second-order valence-corrected chi connectivity index (χ2v) is 9.34. The van der Waals surface area contributed by atoms with Gasteiger partial charge in [0.1, 0.15) is 6.04 Å². The van der Waals surface area contributed by atoms with Gasteiger partial charge in [-0.15, -0.1) is 11.3 Å². The maximum Gasteiger partial charge on any atom is 0.253 e. The quantitative estimate of drug-likeness (QED) is 0.579. The third-order valence-corrected chi connectivity index (χ3v) is 5.99. The van der Waals surface area contributed by atoms with Gasteiger partial charge < -0.3 is 15.5 Å². The van der Waals surface area contributed by atoms with E-state index in [2.05, 4.69) is 21.6 Å². The Morgan fingerprint density at radius 2 is 1.90 bits per heavy atom. The van der Waals surface area contributed by atoms with Gasteiger partial charge in [-0.25, -0.2) is 0 Å². The molecular formula is C21H27Cl2N3O2S. The molecule has 0 fully saturated rings. The smallest absolute Gasteiger partial charge is 0.253 e. The number of carbonyl (C=O) groups is 2. The first kappa shape index (κ1) is 23.7. The highest BCUT2D eigenvalue weighted by Gasteiger charge is 2.25. The van der Waals surface area contributed by atoms with Gasteiger partial charge in [-0.3, -0.25) is 9.59 Å². The van der Waals surface area contributed by atoms with Crippen LogP contribution in [0.15, 0.2) is 35.7 Å². The second-order valence-electron chi connectivity index (χ2n) is 7.52. The molecule has 0 spiro atoms. The molecule has 2 N–H and O–H groups in total. The van der Waals surface area contributed by atoms with Gasteiger partial charge >= 0.3 is 0 Å². The fourth-order valence-electron chi connectivity index (χ4n) is 2.95. The van der Waals surface area contributed by atoms with Crippen LogP contribution in [0.5, 0.6) is 0 Å². The molecule has 2 atom stereocenters. The lowest BCUT2D eigenvalue weighted by molar-refractivity contribution is -0.123. The summed E-state index contributed by atoms with van der Waals surface area (Å²) in [5, 5.41) is 8.54. The second kappa shape index (κ2) is 11.0. The van der Waals surface area contributed by atoms with Crippen molar-refractivity contribution in [2.45, 2.75) is 32.4 Å². The predicted molar refractivity (Wildman–Crippen MR) is 121 cm³/mol. The van der Waals surface area contributed by atoms with Crippen LogP contribution in [0.25, 0.3) is 0 Å². The minimum atomic E-state index is -0.652. The summed E-state index contributed by atoms with van der Waals surface area (Å²) in [5.74, 6) is -0.371. The van der Waals surface area contributed by atoms with E-state index >= 15 is 0 Å². The van der Waals surface area contributed by atoms with Crippen LogP contribution in [-0.4, -0.2) is 43.4 Å². The first-order valence-corrected chi connectivity index (χ1v) is 11.1. The van der Waals surface area contributed by atoms with E-state index < -0.39 is 11.9 Å². The Balaban J connectivity index is 2.08. The van der Waals surface area contributed by atoms with Crippen LogP contribution in [0.3, 0.4) is 0 Å². The van der Waals surface area contributed by atoms with Crippen molar-refractivity contribution >= 4 is 46.4 Å². The summed E-state index contributed by atoms with van der Waals surface area (Å²) in [7, 11) is 3.96. The van der Waals surface area contributed by atoms with Gasteiger partial charge in [0.25, 0.3) is 5.91 Å². The fourth-order valence-corrected chi connectivity index (χ4v) is 4.37. The number of benzene rings is 1. The van der Waals surface area contributed by atoms with E-state index in [1.807, 2.05) is 39.4 Å². The Bertz CT molecular complexity index is 825. The molecule has 2 unspecified atom stereocenters. The molecule has 0 saturated heterocycles. The Kier molecular flexibility index (Phi) is 8.96. The Morgan fingerprint density at radius 3 is 2.45 bits per heavy atom. The van der Waals surface area contributed by atoms with Crippen molar-refractivity contribution in [1.82, 2.24) is 15.5 Å². The molecule has 0 saturated carbocycles. The minimum Gasteiger partial charge on any atom is -0.352 e. The molecule has 2 rings (SSSR count). The van der Waals surface area contributed by atoms with E-state index in [0.717, 1.165) is 0 Å². The van der Waals surface area contributed by atoms with E-state index in [9.17, 15) is 9.59 Å². The van der Waals surface area contributed by atoms with Crippen LogP contribution < -0.4 is 10.6 Å². The molecule has 1 aromatic heterocycles. The number of carbonyl (C=O) groups excluding carboxylic acids is 2. The molecule has 8 heteroatoms. The standard InChI is InChI=1S/C21H27Cl2N3O2S/c1-13(2)10-17(25-20(27)15-8-7-14(22)11-16(15)23)21(28)24-12-18(26(3)4)19-6-5-9-29-19/h5-9,11,13,17-18H,10,12H2,1-4H3,(H,24,28)(H,25,27). The molecule has 29 heavy (non-hydrogen) atoms. The number of hydrogen-bond acceptors (Lipinski definition) is 4. The Morgan fingerprint density at radius 1 is 1.17 bits per heavy atom. The van der Waals surface area contributed by atoms with Gasteiger partial charge in [-0.05, 0) is 56.1 Å². The van der Waals surface area contributed by atoms with Crippen LogP contribution in [0.2, 0.25) is 10.0 Å². The minimum absolute atomic E-state index is 0.0695. The molecule has 1 heterocycles. The SMILES string of the molecule is CC(C)CC(NC(=O)c1ccc(Cl)cc1Cl)C(=O)NCC(c1cccs1)N(C)C. The zero-order chi connectivity index (χ0) is 21.6. The third-order valence-electron chi connectivity index (χ3n) is 4.47. The molecule has 158 valence electrons. The molecule has 2 aromatic rings. The monoisotopic (exact) mass is 455 g/mol. The van der Waals surface area contributed by atoms with Gasteiger partial charge in [0.2, 0.25) is 5.91 Å². The van der Waals surface area contributed by atoms with Gasteiger partial charge in [0.15, 0.2) is 0 Å². The zero-order valence-electron chi connectivity index (χ0n) is 17.0. The lowest BCUT2D eigenvalue weighted by atomic mass is 10.0. The summed E-state index contributed by atoms with van der Waals surface area (Å²) in [5.41, 5.74) is 0.294. The van der Waals surface area contributed by atoms with Crippen molar-refractivity contribution in [2.24, 2.45) is 5.92 Å². The number of halogens is 2. The van der Waals surface area contributed by atoms with E-state index in [0.29, 0.717) is 23.6 Å². The molecular weight excluding hydrogens is 429 g/mol. The van der Waals surface area contributed by atoms with Gasteiger partial charge in [0, 0.05) is 16.4 Å². The topological polar surface area (TPSA) is 61.4 Å². The van der Waals surface area contributed by atoms with E-state index in [4.69, 9.17) is 23.2 Å². The normalized spacial score (nSPS) is 13.4. The molecule has 0 aliphatic heterocycles. The summed E-state index contributed by atoms with van der Waals surface area (Å²) < 4.78 is 0. The summed E-state index contributed by atoms with van der Waals surface area (Å²) in [6, 6.07) is 8.14. The van der Waals surface area contributed by atoms with E-state index in [1.165, 1.54) is 10.9 Å². The number of rotatable bonds is 9. The average Bonchev–Trinajstić information content (AvgIpc) is 3.14. The average molecular weight is 456 g/mol. The van der Waals surface area contributed by atoms with Crippen molar-refractivity contribution in [3.8, 4) is 0 Å². The van der Waals surface area contributed by atoms with Crippen molar-refractivity contribution in [2.75, 3.05) is 20.6 Å². The van der Waals surface area contributed by atoms with E-state index in [-0.39, 0.29) is 22.9 Å². The number of likely N-dealkylation sites (N-methyl/N-ethyl adjacent to an activating group) is 1. The van der Waals surface area contributed by atoms with Gasteiger partial charge in [0.05, 0.1) is 16.6 Å². The first-order chi connectivity index (χ1) is 13.7. The number of nitrogens with one attached hydrogen (secondary N) is 2. The first-order valence-electron chi connectivity index (χ1n) is 9.42. The zero-order valence-corrected chi connectivity index (χ0v) is 19.4. The molecule has 0 aliphatic carbocycles. The molecule has 5 nitrogen and oxygen atoms in total. The number of thiophene rings is 1. The maximum atomic E-state index is 12.9. The third kappa shape index (κ3) is 7.00. The highest BCUT2D eigenvalue weighted by molar-refractivity contribution is 7.10. The van der Waals surface area contributed by atoms with Crippen molar-refractivity contribution in [1.29, 1.82) is 0 Å². The molecule has 0 radical (unpaired) electrons. The lowest BCUT2D eigenvalue weighted by Gasteiger charge is -2.26. The van der Waals surface area contributed by atoms with Crippen molar-refractivity contribution in [3.63, 3.8) is 0 Å². The van der Waals surface area contributed by atoms with Crippen LogP contribution in [-0.2, 0) is 4.79 Å². The number of hydrogen-bond donors (Lipinski definition) is 2. The highest BCUT2D eigenvalue weighted by Crippen LogP contribution is 2.23. The summed E-state index contributed by atoms with van der Waals surface area (Å²) >= 11 is 13.7. The largest absolute Gasteiger partial charge is 0.352 e. The Labute approximate surface area is 186 Å². The lowest BCUT2D eigenvalue weighted by Crippen LogP contribution is -2.49. The fraction of sp³-hybridized carbons (Fsp3) is 0.429. The highest BCUT2D eigenvalue weighted by atomic mass is 35.5. The number of amides is 2.